The molecule has 26 heavy (non-hydrogen) atoms. The van der Waals surface area contributed by atoms with Gasteiger partial charge in [-0.05, 0) is 43.7 Å². The van der Waals surface area contributed by atoms with Crippen LogP contribution in [0.25, 0.3) is 11.4 Å². The molecule has 0 aliphatic rings. The van der Waals surface area contributed by atoms with Crippen LogP contribution in [-0.2, 0) is 7.05 Å². The van der Waals surface area contributed by atoms with Gasteiger partial charge in [0.15, 0.2) is 11.0 Å². The molecule has 2 heterocycles. The van der Waals surface area contributed by atoms with Gasteiger partial charge >= 0.3 is 0 Å². The van der Waals surface area contributed by atoms with Crippen LogP contribution in [0, 0.1) is 6.92 Å². The van der Waals surface area contributed by atoms with Gasteiger partial charge in [-0.2, -0.15) is 0 Å². The number of nitrogens with zero attached hydrogens (tertiary/aromatic N) is 3. The van der Waals surface area contributed by atoms with E-state index in [0.717, 1.165) is 52.6 Å². The van der Waals surface area contributed by atoms with E-state index in [-0.39, 0.29) is 0 Å². The highest BCUT2D eigenvalue weighted by atomic mass is 32.2. The molecule has 0 amide bonds. The number of thioether (sulfide) groups is 1. The average molecular weight is 373 g/mol. The van der Waals surface area contributed by atoms with Crippen molar-refractivity contribution in [2.75, 3.05) is 19.0 Å². The van der Waals surface area contributed by atoms with Crippen molar-refractivity contribution in [2.45, 2.75) is 25.4 Å². The first-order valence-electron chi connectivity index (χ1n) is 8.61. The summed E-state index contributed by atoms with van der Waals surface area (Å²) in [6.45, 7) is 5.33. The van der Waals surface area contributed by atoms with Gasteiger partial charge in [-0.15, -0.1) is 10.2 Å². The number of hydrogen-bond acceptors (Lipinski definition) is 6. The summed E-state index contributed by atoms with van der Waals surface area (Å²) in [7, 11) is 1.96. The second kappa shape index (κ2) is 8.80. The Balaban J connectivity index is 1.48. The number of ether oxygens (including phenoxy) is 2. The van der Waals surface area contributed by atoms with Crippen LogP contribution >= 0.6 is 11.8 Å². The van der Waals surface area contributed by atoms with Crippen LogP contribution in [-0.4, -0.2) is 33.7 Å². The lowest BCUT2D eigenvalue weighted by molar-refractivity contribution is 0.314. The number of aromatic nitrogens is 3. The van der Waals surface area contributed by atoms with Crippen LogP contribution in [0.3, 0.4) is 0 Å². The first-order valence-corrected chi connectivity index (χ1v) is 9.60. The third-order valence-corrected chi connectivity index (χ3v) is 4.80. The van der Waals surface area contributed by atoms with Crippen LogP contribution in [0.2, 0.25) is 0 Å². The van der Waals surface area contributed by atoms with E-state index >= 15 is 0 Å². The van der Waals surface area contributed by atoms with Crippen molar-refractivity contribution in [2.24, 2.45) is 7.05 Å². The molecule has 0 aliphatic heterocycles. The SMILES string of the molecule is CCCOc1ccc(OCCSc2nnc(-c3ccoc3C)n2C)cc1. The molecule has 3 rings (SSSR count). The largest absolute Gasteiger partial charge is 0.494 e. The van der Waals surface area contributed by atoms with Crippen molar-refractivity contribution >= 4 is 11.8 Å². The molecule has 3 aromatic rings. The van der Waals surface area contributed by atoms with E-state index in [4.69, 9.17) is 13.9 Å². The quantitative estimate of drug-likeness (QED) is 0.411. The van der Waals surface area contributed by atoms with Crippen LogP contribution < -0.4 is 9.47 Å². The van der Waals surface area contributed by atoms with Crippen molar-refractivity contribution in [3.8, 4) is 22.9 Å². The van der Waals surface area contributed by atoms with Gasteiger partial charge in [0.1, 0.15) is 17.3 Å². The maximum atomic E-state index is 5.78. The Morgan fingerprint density at radius 3 is 2.35 bits per heavy atom. The predicted molar refractivity (Wildman–Crippen MR) is 102 cm³/mol. The van der Waals surface area contributed by atoms with E-state index in [0.29, 0.717) is 6.61 Å². The molecule has 0 saturated heterocycles. The molecule has 0 unspecified atom stereocenters. The van der Waals surface area contributed by atoms with Gasteiger partial charge in [-0.1, -0.05) is 18.7 Å². The molecule has 0 saturated carbocycles. The number of aryl methyl sites for hydroxylation is 1. The zero-order chi connectivity index (χ0) is 18.4. The third kappa shape index (κ3) is 4.40. The Kier molecular flexibility index (Phi) is 6.22. The molecule has 6 nitrogen and oxygen atoms in total. The molecule has 0 N–H and O–H groups in total. The second-order valence-electron chi connectivity index (χ2n) is 5.77. The molecule has 0 aliphatic carbocycles. The minimum Gasteiger partial charge on any atom is -0.494 e. The fraction of sp³-hybridized carbons (Fsp3) is 0.368. The number of hydrogen-bond donors (Lipinski definition) is 0. The van der Waals surface area contributed by atoms with E-state index in [2.05, 4.69) is 17.1 Å². The van der Waals surface area contributed by atoms with E-state index < -0.39 is 0 Å². The molecule has 1 aromatic carbocycles. The highest BCUT2D eigenvalue weighted by Crippen LogP contribution is 2.26. The van der Waals surface area contributed by atoms with Crippen molar-refractivity contribution < 1.29 is 13.9 Å². The van der Waals surface area contributed by atoms with Crippen molar-refractivity contribution in [3.63, 3.8) is 0 Å². The lowest BCUT2D eigenvalue weighted by Gasteiger charge is -2.08. The topological polar surface area (TPSA) is 62.3 Å². The summed E-state index contributed by atoms with van der Waals surface area (Å²) >= 11 is 1.61. The molecule has 0 radical (unpaired) electrons. The Bertz CT molecular complexity index is 827. The van der Waals surface area contributed by atoms with E-state index in [1.54, 1.807) is 18.0 Å². The number of benzene rings is 1. The summed E-state index contributed by atoms with van der Waals surface area (Å²) in [5.41, 5.74) is 0.966. The summed E-state index contributed by atoms with van der Waals surface area (Å²) in [6.07, 6.45) is 2.66. The molecule has 2 aromatic heterocycles. The van der Waals surface area contributed by atoms with Crippen molar-refractivity contribution in [1.82, 2.24) is 14.8 Å². The Morgan fingerprint density at radius 2 is 1.73 bits per heavy atom. The molecule has 0 spiro atoms. The van der Waals surface area contributed by atoms with Gasteiger partial charge in [-0.3, -0.25) is 0 Å². The van der Waals surface area contributed by atoms with Gasteiger partial charge in [0.2, 0.25) is 0 Å². The monoisotopic (exact) mass is 373 g/mol. The maximum Gasteiger partial charge on any atom is 0.191 e. The number of furan rings is 1. The van der Waals surface area contributed by atoms with Crippen LogP contribution in [0.4, 0.5) is 0 Å². The van der Waals surface area contributed by atoms with Gasteiger partial charge in [-0.25, -0.2) is 0 Å². The minimum absolute atomic E-state index is 0.590. The van der Waals surface area contributed by atoms with E-state index in [1.807, 2.05) is 48.9 Å². The highest BCUT2D eigenvalue weighted by molar-refractivity contribution is 7.99. The van der Waals surface area contributed by atoms with Crippen molar-refractivity contribution in [1.29, 1.82) is 0 Å². The van der Waals surface area contributed by atoms with Gasteiger partial charge in [0.05, 0.1) is 25.0 Å². The zero-order valence-corrected chi connectivity index (χ0v) is 16.1. The molecule has 138 valence electrons. The summed E-state index contributed by atoms with van der Waals surface area (Å²) in [4.78, 5) is 0. The first kappa shape index (κ1) is 18.4. The maximum absolute atomic E-state index is 5.78. The smallest absolute Gasteiger partial charge is 0.191 e. The predicted octanol–water partition coefficient (Wildman–Crippen LogP) is 4.34. The lowest BCUT2D eigenvalue weighted by atomic mass is 10.2. The average Bonchev–Trinajstić information content (AvgIpc) is 3.23. The fourth-order valence-electron chi connectivity index (χ4n) is 2.44. The number of rotatable bonds is 9. The lowest BCUT2D eigenvalue weighted by Crippen LogP contribution is -2.02. The standard InChI is InChI=1S/C19H23N3O3S/c1-4-10-24-15-5-7-16(8-6-15)25-12-13-26-19-21-20-18(22(19)3)17-9-11-23-14(17)2/h5-9,11H,4,10,12-13H2,1-3H3. The molecule has 0 atom stereocenters. The molecular weight excluding hydrogens is 350 g/mol. The molecule has 7 heteroatoms. The Labute approximate surface area is 157 Å². The zero-order valence-electron chi connectivity index (χ0n) is 15.3. The first-order chi connectivity index (χ1) is 12.7. The van der Waals surface area contributed by atoms with Crippen LogP contribution in [0.15, 0.2) is 46.2 Å². The third-order valence-electron chi connectivity index (χ3n) is 3.81. The molecular formula is C19H23N3O3S. The summed E-state index contributed by atoms with van der Waals surface area (Å²) in [6, 6.07) is 9.63. The second-order valence-corrected chi connectivity index (χ2v) is 6.83. The Morgan fingerprint density at radius 1 is 1.04 bits per heavy atom. The fourth-order valence-corrected chi connectivity index (χ4v) is 3.16. The minimum atomic E-state index is 0.590. The van der Waals surface area contributed by atoms with E-state index in [1.165, 1.54) is 0 Å². The van der Waals surface area contributed by atoms with Crippen molar-refractivity contribution in [3.05, 3.63) is 42.4 Å². The summed E-state index contributed by atoms with van der Waals surface area (Å²) < 4.78 is 18.7. The molecule has 0 bridgehead atoms. The van der Waals surface area contributed by atoms with Gasteiger partial charge in [0, 0.05) is 12.8 Å². The highest BCUT2D eigenvalue weighted by Gasteiger charge is 2.14. The summed E-state index contributed by atoms with van der Waals surface area (Å²) in [5.74, 6) is 4.13. The van der Waals surface area contributed by atoms with Gasteiger partial charge in [0.25, 0.3) is 0 Å². The van der Waals surface area contributed by atoms with Crippen LogP contribution in [0.5, 0.6) is 11.5 Å². The van der Waals surface area contributed by atoms with Crippen LogP contribution in [0.1, 0.15) is 19.1 Å². The normalized spacial score (nSPS) is 10.9. The van der Waals surface area contributed by atoms with E-state index in [9.17, 15) is 0 Å². The molecule has 0 fully saturated rings. The Hall–Kier alpha value is -2.41. The summed E-state index contributed by atoms with van der Waals surface area (Å²) in [5, 5.41) is 9.38. The van der Waals surface area contributed by atoms with Gasteiger partial charge < -0.3 is 18.5 Å².